The lowest BCUT2D eigenvalue weighted by Gasteiger charge is -2.34. The molecule has 2 aromatic carbocycles. The van der Waals surface area contributed by atoms with E-state index in [1.807, 2.05) is 36.4 Å². The van der Waals surface area contributed by atoms with Crippen molar-refractivity contribution < 1.29 is 14.2 Å². The van der Waals surface area contributed by atoms with E-state index in [4.69, 9.17) is 4.52 Å². The Morgan fingerprint density at radius 3 is 1.75 bits per heavy atom. The van der Waals surface area contributed by atoms with E-state index in [0.29, 0.717) is 11.1 Å². The first-order valence-electron chi connectivity index (χ1n) is 6.58. The van der Waals surface area contributed by atoms with Gasteiger partial charge in [-0.1, -0.05) is 60.7 Å². The van der Waals surface area contributed by atoms with Crippen molar-refractivity contribution in [1.82, 2.24) is 0 Å². The molecule has 4 heteroatoms. The highest BCUT2D eigenvalue weighted by Gasteiger charge is 2.47. The fourth-order valence-corrected chi connectivity index (χ4v) is 4.23. The average molecular weight is 290 g/mol. The minimum absolute atomic E-state index is 0.287. The maximum absolute atomic E-state index is 13.0. The van der Waals surface area contributed by atoms with Crippen LogP contribution in [0.1, 0.15) is 18.1 Å². The Morgan fingerprint density at radius 2 is 1.40 bits per heavy atom. The summed E-state index contributed by atoms with van der Waals surface area (Å²) >= 11 is 0. The Labute approximate surface area is 119 Å². The summed E-state index contributed by atoms with van der Waals surface area (Å²) in [4.78, 5) is 0. The summed E-state index contributed by atoms with van der Waals surface area (Å²) in [6.07, 6.45) is 0. The van der Waals surface area contributed by atoms with Crippen LogP contribution in [0.4, 0.5) is 0 Å². The van der Waals surface area contributed by atoms with Gasteiger partial charge in [0, 0.05) is 6.66 Å². The lowest BCUT2D eigenvalue weighted by Crippen LogP contribution is -2.28. The predicted octanol–water partition coefficient (Wildman–Crippen LogP) is 3.82. The molecule has 106 valence electrons. The summed E-state index contributed by atoms with van der Waals surface area (Å²) < 4.78 is 18.4. The SMILES string of the molecule is CCOP(C)(=O)C(O)(c1ccccc1)c1ccccc1. The summed E-state index contributed by atoms with van der Waals surface area (Å²) in [7, 11) is -3.30. The quantitative estimate of drug-likeness (QED) is 0.851. The predicted molar refractivity (Wildman–Crippen MR) is 81.0 cm³/mol. The summed E-state index contributed by atoms with van der Waals surface area (Å²) in [5.74, 6) is 0. The molecule has 0 saturated carbocycles. The number of hydrogen-bond acceptors (Lipinski definition) is 3. The third-order valence-electron chi connectivity index (χ3n) is 3.32. The molecule has 2 rings (SSSR count). The van der Waals surface area contributed by atoms with Crippen molar-refractivity contribution >= 4 is 7.37 Å². The van der Waals surface area contributed by atoms with Crippen LogP contribution in [0.3, 0.4) is 0 Å². The molecule has 0 heterocycles. The highest BCUT2D eigenvalue weighted by atomic mass is 31.2. The second kappa shape index (κ2) is 5.92. The van der Waals surface area contributed by atoms with Crippen LogP contribution in [0.5, 0.6) is 0 Å². The van der Waals surface area contributed by atoms with Gasteiger partial charge in [0.15, 0.2) is 5.34 Å². The van der Waals surface area contributed by atoms with E-state index in [9.17, 15) is 9.67 Å². The average Bonchev–Trinajstić information content (AvgIpc) is 2.48. The largest absolute Gasteiger partial charge is 0.372 e. The molecule has 1 unspecified atom stereocenters. The standard InChI is InChI=1S/C16H19O3P/c1-3-19-20(2,18)16(17,14-10-6-4-7-11-14)15-12-8-5-9-13-15/h4-13,17H,3H2,1-2H3. The first kappa shape index (κ1) is 15.0. The van der Waals surface area contributed by atoms with Gasteiger partial charge < -0.3 is 9.63 Å². The summed E-state index contributed by atoms with van der Waals surface area (Å²) in [6, 6.07) is 18.0. The van der Waals surface area contributed by atoms with Gasteiger partial charge in [0.05, 0.1) is 6.61 Å². The van der Waals surface area contributed by atoms with Crippen LogP contribution in [-0.2, 0) is 14.4 Å². The minimum atomic E-state index is -3.30. The second-order valence-corrected chi connectivity index (χ2v) is 7.27. The molecule has 0 saturated heterocycles. The first-order valence-corrected chi connectivity index (χ1v) is 8.65. The van der Waals surface area contributed by atoms with Crippen molar-refractivity contribution in [2.24, 2.45) is 0 Å². The molecule has 3 nitrogen and oxygen atoms in total. The molecule has 0 aliphatic carbocycles. The van der Waals surface area contributed by atoms with Crippen LogP contribution in [-0.4, -0.2) is 18.4 Å². The van der Waals surface area contributed by atoms with Gasteiger partial charge in [-0.05, 0) is 18.1 Å². The lowest BCUT2D eigenvalue weighted by atomic mass is 10.0. The van der Waals surface area contributed by atoms with Gasteiger partial charge in [0.25, 0.3) is 0 Å². The van der Waals surface area contributed by atoms with Gasteiger partial charge >= 0.3 is 0 Å². The van der Waals surface area contributed by atoms with Gasteiger partial charge in [-0.3, -0.25) is 4.57 Å². The van der Waals surface area contributed by atoms with Crippen molar-refractivity contribution in [3.8, 4) is 0 Å². The Kier molecular flexibility index (Phi) is 4.44. The molecule has 1 N–H and O–H groups in total. The van der Waals surface area contributed by atoms with E-state index >= 15 is 0 Å². The Bertz CT molecular complexity index is 556. The minimum Gasteiger partial charge on any atom is -0.372 e. The van der Waals surface area contributed by atoms with Crippen LogP contribution in [0, 0.1) is 0 Å². The van der Waals surface area contributed by atoms with Crippen LogP contribution in [0.15, 0.2) is 60.7 Å². The molecule has 0 bridgehead atoms. The van der Waals surface area contributed by atoms with E-state index < -0.39 is 12.7 Å². The van der Waals surface area contributed by atoms with Gasteiger partial charge in [0.1, 0.15) is 0 Å². The van der Waals surface area contributed by atoms with Gasteiger partial charge in [-0.15, -0.1) is 0 Å². The number of benzene rings is 2. The van der Waals surface area contributed by atoms with Crippen molar-refractivity contribution in [2.45, 2.75) is 12.3 Å². The molecule has 2 aromatic rings. The van der Waals surface area contributed by atoms with E-state index in [0.717, 1.165) is 0 Å². The maximum atomic E-state index is 13.0. The summed E-state index contributed by atoms with van der Waals surface area (Å²) in [5.41, 5.74) is 1.15. The van der Waals surface area contributed by atoms with Gasteiger partial charge in [-0.2, -0.15) is 0 Å². The number of rotatable bonds is 5. The topological polar surface area (TPSA) is 46.5 Å². The molecule has 0 aromatic heterocycles. The molecule has 1 atom stereocenters. The van der Waals surface area contributed by atoms with Crippen molar-refractivity contribution in [3.05, 3.63) is 71.8 Å². The Hall–Kier alpha value is -1.41. The molecule has 20 heavy (non-hydrogen) atoms. The van der Waals surface area contributed by atoms with E-state index in [1.54, 1.807) is 31.2 Å². The smallest absolute Gasteiger partial charge is 0.239 e. The molecule has 0 aliphatic rings. The Morgan fingerprint density at radius 1 is 1.00 bits per heavy atom. The number of aliphatic hydroxyl groups is 1. The van der Waals surface area contributed by atoms with E-state index in [1.165, 1.54) is 6.66 Å². The normalized spacial score (nSPS) is 14.8. The fourth-order valence-electron chi connectivity index (χ4n) is 2.32. The molecule has 0 amide bonds. The van der Waals surface area contributed by atoms with Gasteiger partial charge in [0.2, 0.25) is 7.37 Å². The zero-order valence-corrected chi connectivity index (χ0v) is 12.6. The molecular formula is C16H19O3P. The summed E-state index contributed by atoms with van der Waals surface area (Å²) in [6.45, 7) is 3.54. The third kappa shape index (κ3) is 2.57. The molecule has 0 fully saturated rings. The van der Waals surface area contributed by atoms with Crippen LogP contribution in [0.25, 0.3) is 0 Å². The first-order chi connectivity index (χ1) is 9.52. The third-order valence-corrected chi connectivity index (χ3v) is 5.76. The number of hydrogen-bond donors (Lipinski definition) is 1. The lowest BCUT2D eigenvalue weighted by molar-refractivity contribution is 0.140. The monoisotopic (exact) mass is 290 g/mol. The Balaban J connectivity index is 2.64. The van der Waals surface area contributed by atoms with Crippen molar-refractivity contribution in [2.75, 3.05) is 13.3 Å². The summed E-state index contributed by atoms with van der Waals surface area (Å²) in [5, 5.41) is 9.59. The fraction of sp³-hybridized carbons (Fsp3) is 0.250. The highest BCUT2D eigenvalue weighted by molar-refractivity contribution is 7.59. The van der Waals surface area contributed by atoms with Crippen molar-refractivity contribution in [1.29, 1.82) is 0 Å². The van der Waals surface area contributed by atoms with Crippen LogP contribution >= 0.6 is 7.37 Å². The molecule has 0 spiro atoms. The molecule has 0 aliphatic heterocycles. The molecular weight excluding hydrogens is 271 g/mol. The van der Waals surface area contributed by atoms with Crippen molar-refractivity contribution in [3.63, 3.8) is 0 Å². The van der Waals surface area contributed by atoms with E-state index in [2.05, 4.69) is 0 Å². The molecule has 0 radical (unpaired) electrons. The second-order valence-electron chi connectivity index (χ2n) is 4.67. The van der Waals surface area contributed by atoms with Crippen LogP contribution < -0.4 is 0 Å². The van der Waals surface area contributed by atoms with Gasteiger partial charge in [-0.25, -0.2) is 0 Å². The highest BCUT2D eigenvalue weighted by Crippen LogP contribution is 2.62. The van der Waals surface area contributed by atoms with Crippen LogP contribution in [0.2, 0.25) is 0 Å². The zero-order valence-electron chi connectivity index (χ0n) is 11.7. The maximum Gasteiger partial charge on any atom is 0.239 e. The zero-order chi connectivity index (χ0) is 14.6. The van der Waals surface area contributed by atoms with E-state index in [-0.39, 0.29) is 6.61 Å².